The zero-order chi connectivity index (χ0) is 29.7. The average Bonchev–Trinajstić information content (AvgIpc) is 3.45. The minimum atomic E-state index is -0.417. The Kier molecular flexibility index (Phi) is 5.85. The summed E-state index contributed by atoms with van der Waals surface area (Å²) in [6.45, 7) is 0. The summed E-state index contributed by atoms with van der Waals surface area (Å²) in [5.41, 5.74) is 6.67. The predicted octanol–water partition coefficient (Wildman–Crippen LogP) is 9.59. The molecule has 4 nitrogen and oxygen atoms in total. The first-order valence-corrected chi connectivity index (χ1v) is 15.3. The van der Waals surface area contributed by atoms with Crippen molar-refractivity contribution >= 4 is 55.0 Å². The molecule has 45 heavy (non-hydrogen) atoms. The highest BCUT2D eigenvalue weighted by molar-refractivity contribution is 6.17. The van der Waals surface area contributed by atoms with Gasteiger partial charge in [0, 0.05) is 32.8 Å². The van der Waals surface area contributed by atoms with Crippen molar-refractivity contribution in [1.82, 2.24) is 9.88 Å². The number of hydrogen-bond donors (Lipinski definition) is 1. The van der Waals surface area contributed by atoms with Crippen LogP contribution in [0.2, 0.25) is 0 Å². The van der Waals surface area contributed by atoms with Gasteiger partial charge in [-0.05, 0) is 40.4 Å². The Labute approximate surface area is 260 Å². The van der Waals surface area contributed by atoms with Crippen molar-refractivity contribution < 1.29 is 0 Å². The quantitative estimate of drug-likeness (QED) is 0.223. The number of aromatic nitrogens is 1. The normalized spacial score (nSPS) is 14.9. The van der Waals surface area contributed by atoms with E-state index in [1.165, 1.54) is 38.0 Å². The van der Waals surface area contributed by atoms with Crippen molar-refractivity contribution in [2.24, 2.45) is 9.98 Å². The lowest BCUT2D eigenvalue weighted by atomic mass is 9.99. The molecule has 0 aliphatic carbocycles. The molecule has 1 atom stereocenters. The van der Waals surface area contributed by atoms with E-state index in [-0.39, 0.29) is 0 Å². The smallest absolute Gasteiger partial charge is 0.170 e. The summed E-state index contributed by atoms with van der Waals surface area (Å²) >= 11 is 0. The third kappa shape index (κ3) is 4.22. The van der Waals surface area contributed by atoms with Crippen LogP contribution in [0.4, 0.5) is 0 Å². The van der Waals surface area contributed by atoms with Crippen molar-refractivity contribution in [3.63, 3.8) is 0 Å². The standard InChI is InChI=1S/C41H28N4/c1-2-13-28(14-3-1)39-42-40(30-23-22-27-12-4-5-15-29(27)26-30)44-41(43-39)35-24-25-38(32-17-7-6-16-31(32)35)45-36-20-10-8-18-33(36)34-19-9-11-21-37(34)45/h1-26,41H,(H,42,43,44). The molecule has 0 fully saturated rings. The van der Waals surface area contributed by atoms with Gasteiger partial charge in [0.05, 0.1) is 16.7 Å². The minimum Gasteiger partial charge on any atom is -0.324 e. The molecule has 8 aromatic rings. The lowest BCUT2D eigenvalue weighted by Crippen LogP contribution is -2.36. The Hall–Kier alpha value is -6.00. The number of amidine groups is 2. The van der Waals surface area contributed by atoms with Gasteiger partial charge in [-0.15, -0.1) is 0 Å². The van der Waals surface area contributed by atoms with Gasteiger partial charge >= 0.3 is 0 Å². The molecular weight excluding hydrogens is 548 g/mol. The van der Waals surface area contributed by atoms with Crippen molar-refractivity contribution in [1.29, 1.82) is 0 Å². The van der Waals surface area contributed by atoms with E-state index in [1.807, 2.05) is 18.2 Å². The van der Waals surface area contributed by atoms with Crippen LogP contribution in [0.15, 0.2) is 168 Å². The second-order valence-electron chi connectivity index (χ2n) is 11.5. The lowest BCUT2D eigenvalue weighted by molar-refractivity contribution is 0.762. The van der Waals surface area contributed by atoms with Crippen LogP contribution < -0.4 is 5.32 Å². The second-order valence-corrected chi connectivity index (χ2v) is 11.5. The van der Waals surface area contributed by atoms with Gasteiger partial charge in [-0.3, -0.25) is 0 Å². The number of rotatable bonds is 4. The van der Waals surface area contributed by atoms with E-state index in [1.54, 1.807) is 0 Å². The largest absolute Gasteiger partial charge is 0.324 e. The maximum Gasteiger partial charge on any atom is 0.170 e. The number of nitrogens with one attached hydrogen (secondary N) is 1. The maximum atomic E-state index is 5.26. The van der Waals surface area contributed by atoms with E-state index in [2.05, 4.69) is 149 Å². The van der Waals surface area contributed by atoms with Gasteiger partial charge in [0.15, 0.2) is 6.17 Å². The van der Waals surface area contributed by atoms with E-state index < -0.39 is 6.17 Å². The molecule has 212 valence electrons. The average molecular weight is 577 g/mol. The van der Waals surface area contributed by atoms with Crippen LogP contribution in [0.3, 0.4) is 0 Å². The second kappa shape index (κ2) is 10.3. The van der Waals surface area contributed by atoms with Crippen molar-refractivity contribution in [3.05, 3.63) is 174 Å². The predicted molar refractivity (Wildman–Crippen MR) is 188 cm³/mol. The first kappa shape index (κ1) is 25.5. The number of fused-ring (bicyclic) bond motifs is 5. The first-order valence-electron chi connectivity index (χ1n) is 15.3. The van der Waals surface area contributed by atoms with Crippen LogP contribution in [0.5, 0.6) is 0 Å². The number of aliphatic imine (C=N–C) groups is 2. The number of nitrogens with zero attached hydrogens (tertiary/aromatic N) is 3. The molecule has 1 aromatic heterocycles. The topological polar surface area (TPSA) is 41.7 Å². The minimum absolute atomic E-state index is 0.417. The van der Waals surface area contributed by atoms with Crippen LogP contribution in [0.1, 0.15) is 22.9 Å². The Balaban J connectivity index is 1.25. The van der Waals surface area contributed by atoms with E-state index >= 15 is 0 Å². The monoisotopic (exact) mass is 576 g/mol. The lowest BCUT2D eigenvalue weighted by Gasteiger charge is -2.24. The van der Waals surface area contributed by atoms with Crippen molar-refractivity contribution in [3.8, 4) is 5.69 Å². The van der Waals surface area contributed by atoms with Gasteiger partial charge in [0.2, 0.25) is 0 Å². The SMILES string of the molecule is c1ccc(C2=NC(c3ccc(-n4c5ccccc5c5ccccc54)c4ccccc34)N=C(c3ccc4ccccc4c3)N2)cc1. The fourth-order valence-electron chi connectivity index (χ4n) is 6.72. The molecule has 0 bridgehead atoms. The molecule has 7 aromatic carbocycles. The molecule has 4 heteroatoms. The highest BCUT2D eigenvalue weighted by Crippen LogP contribution is 2.38. The summed E-state index contributed by atoms with van der Waals surface area (Å²) in [4.78, 5) is 10.5. The van der Waals surface area contributed by atoms with E-state index in [4.69, 9.17) is 9.98 Å². The van der Waals surface area contributed by atoms with Crippen molar-refractivity contribution in [2.75, 3.05) is 0 Å². The number of para-hydroxylation sites is 2. The Morgan fingerprint density at radius 1 is 0.444 bits per heavy atom. The molecule has 0 amide bonds. The summed E-state index contributed by atoms with van der Waals surface area (Å²) in [7, 11) is 0. The molecule has 0 saturated carbocycles. The van der Waals surface area contributed by atoms with Gasteiger partial charge in [0.25, 0.3) is 0 Å². The van der Waals surface area contributed by atoms with Crippen LogP contribution >= 0.6 is 0 Å². The van der Waals surface area contributed by atoms with E-state index in [9.17, 15) is 0 Å². The van der Waals surface area contributed by atoms with Gasteiger partial charge in [-0.2, -0.15) is 0 Å². The summed E-state index contributed by atoms with van der Waals surface area (Å²) in [5, 5.41) is 10.8. The van der Waals surface area contributed by atoms with Gasteiger partial charge in [-0.1, -0.05) is 133 Å². The molecule has 1 aliphatic heterocycles. The molecule has 9 rings (SSSR count). The maximum absolute atomic E-state index is 5.26. The molecule has 1 aliphatic rings. The Bertz CT molecular complexity index is 2410. The van der Waals surface area contributed by atoms with E-state index in [0.717, 1.165) is 39.4 Å². The molecule has 0 spiro atoms. The van der Waals surface area contributed by atoms with Gasteiger partial charge in [-0.25, -0.2) is 9.98 Å². The Morgan fingerprint density at radius 3 is 1.76 bits per heavy atom. The third-order valence-electron chi connectivity index (χ3n) is 8.84. The third-order valence-corrected chi connectivity index (χ3v) is 8.84. The number of hydrogen-bond acceptors (Lipinski definition) is 3. The number of benzene rings is 7. The molecule has 2 heterocycles. The first-order chi connectivity index (χ1) is 22.3. The van der Waals surface area contributed by atoms with Crippen LogP contribution in [-0.4, -0.2) is 16.2 Å². The zero-order valence-electron chi connectivity index (χ0n) is 24.4. The van der Waals surface area contributed by atoms with Crippen LogP contribution in [0, 0.1) is 0 Å². The van der Waals surface area contributed by atoms with Crippen molar-refractivity contribution in [2.45, 2.75) is 6.17 Å². The highest BCUT2D eigenvalue weighted by Gasteiger charge is 2.23. The molecule has 0 radical (unpaired) electrons. The summed E-state index contributed by atoms with van der Waals surface area (Å²) < 4.78 is 2.39. The molecule has 1 N–H and O–H groups in total. The summed E-state index contributed by atoms with van der Waals surface area (Å²) in [5.74, 6) is 1.63. The fourth-order valence-corrected chi connectivity index (χ4v) is 6.72. The highest BCUT2D eigenvalue weighted by atomic mass is 15.2. The van der Waals surface area contributed by atoms with Crippen LogP contribution in [-0.2, 0) is 0 Å². The summed E-state index contributed by atoms with van der Waals surface area (Å²) in [6.07, 6.45) is -0.417. The molecular formula is C41H28N4. The van der Waals surface area contributed by atoms with Gasteiger partial charge in [0.1, 0.15) is 11.7 Å². The van der Waals surface area contributed by atoms with Gasteiger partial charge < -0.3 is 9.88 Å². The molecule has 1 unspecified atom stereocenters. The fraction of sp³-hybridized carbons (Fsp3) is 0.0244. The zero-order valence-corrected chi connectivity index (χ0v) is 24.4. The van der Waals surface area contributed by atoms with Crippen LogP contribution in [0.25, 0.3) is 49.0 Å². The Morgan fingerprint density at radius 2 is 1.02 bits per heavy atom. The summed E-state index contributed by atoms with van der Waals surface area (Å²) in [6, 6.07) is 55.7. The molecule has 0 saturated heterocycles. The van der Waals surface area contributed by atoms with E-state index in [0.29, 0.717) is 0 Å².